The van der Waals surface area contributed by atoms with Gasteiger partial charge in [0.15, 0.2) is 17.3 Å². The number of imidazole rings is 1. The monoisotopic (exact) mass is 627 g/mol. The fourth-order valence-corrected chi connectivity index (χ4v) is 5.32. The molecule has 0 unspecified atom stereocenters. The van der Waals surface area contributed by atoms with Gasteiger partial charge in [-0.25, -0.2) is 4.98 Å². The van der Waals surface area contributed by atoms with Crippen molar-refractivity contribution in [3.05, 3.63) is 64.0 Å². The number of nitrogens with zero attached hydrogens (tertiary/aromatic N) is 2. The highest BCUT2D eigenvalue weighted by atomic mass is 79.9. The number of carbonyl (C=O) groups is 1. The van der Waals surface area contributed by atoms with Crippen LogP contribution >= 0.6 is 15.9 Å². The Morgan fingerprint density at radius 3 is 2.56 bits per heavy atom. The van der Waals surface area contributed by atoms with Crippen LogP contribution in [0.3, 0.4) is 0 Å². The highest BCUT2D eigenvalue weighted by Crippen LogP contribution is 2.42. The number of hydrogen-bond donors (Lipinski definition) is 3. The maximum absolute atomic E-state index is 13.0. The number of nitrogen functional groups attached to an aromatic ring is 1. The molecule has 2 heterocycles. The van der Waals surface area contributed by atoms with Gasteiger partial charge in [-0.2, -0.15) is 21.6 Å². The van der Waals surface area contributed by atoms with Gasteiger partial charge in [-0.3, -0.25) is 9.52 Å². The van der Waals surface area contributed by atoms with Crippen molar-refractivity contribution in [3.63, 3.8) is 0 Å². The van der Waals surface area contributed by atoms with Gasteiger partial charge in [-0.05, 0) is 59.1 Å². The molecular formula is C25H25BrF3N5O4S. The smallest absolute Gasteiger partial charge is 0.455 e. The zero-order valence-corrected chi connectivity index (χ0v) is 23.3. The molecule has 0 aliphatic heterocycles. The molecule has 0 radical (unpaired) electrons. The first-order valence-electron chi connectivity index (χ1n) is 11.9. The van der Waals surface area contributed by atoms with Gasteiger partial charge < -0.3 is 20.0 Å². The number of alkyl halides is 3. The highest BCUT2D eigenvalue weighted by Gasteiger charge is 2.46. The van der Waals surface area contributed by atoms with E-state index in [1.54, 1.807) is 34.4 Å². The number of anilines is 2. The number of halogens is 4. The highest BCUT2D eigenvalue weighted by molar-refractivity contribution is 9.10. The van der Waals surface area contributed by atoms with E-state index in [-0.39, 0.29) is 41.0 Å². The minimum atomic E-state index is -5.65. The lowest BCUT2D eigenvalue weighted by molar-refractivity contribution is -0.0429. The number of aryl methyl sites for hydroxylation is 1. The number of benzene rings is 2. The molecule has 1 amide bonds. The van der Waals surface area contributed by atoms with Crippen molar-refractivity contribution in [2.24, 2.45) is 0 Å². The number of nitrogens with two attached hydrogens (primary N) is 1. The molecule has 9 nitrogen and oxygen atoms in total. The maximum atomic E-state index is 13.0. The predicted octanol–water partition coefficient (Wildman–Crippen LogP) is 5.65. The van der Waals surface area contributed by atoms with Gasteiger partial charge in [0.25, 0.3) is 5.91 Å². The summed E-state index contributed by atoms with van der Waals surface area (Å²) in [6.45, 7) is 4.49. The number of hydrogen-bond acceptors (Lipinski definition) is 6. The molecule has 0 aliphatic carbocycles. The second-order valence-corrected chi connectivity index (χ2v) is 11.1. The molecule has 0 saturated carbocycles. The Bertz CT molecular complexity index is 1650. The van der Waals surface area contributed by atoms with Crippen LogP contribution in [0.4, 0.5) is 24.7 Å². The number of carbonyl (C=O) groups excluding carboxylic acids is 1. The van der Waals surface area contributed by atoms with Crippen LogP contribution in [0.25, 0.3) is 22.3 Å². The number of sulfonamides is 1. The maximum Gasteiger partial charge on any atom is 0.516 e. The van der Waals surface area contributed by atoms with E-state index in [9.17, 15) is 26.4 Å². The van der Waals surface area contributed by atoms with Crippen LogP contribution in [0.2, 0.25) is 0 Å². The fourth-order valence-electron chi connectivity index (χ4n) is 4.13. The third kappa shape index (κ3) is 5.62. The SMILES string of the molecule is CCCc1nc(N)c(C(=O)NCC)n1Cc1ccc2oc(-c3ccccc3NS(=O)(=O)C(F)(F)F)c(Br)c2c1. The van der Waals surface area contributed by atoms with Crippen molar-refractivity contribution >= 4 is 54.3 Å². The van der Waals surface area contributed by atoms with Crippen molar-refractivity contribution in [3.8, 4) is 11.3 Å². The molecule has 208 valence electrons. The summed E-state index contributed by atoms with van der Waals surface area (Å²) in [5, 5.41) is 3.35. The van der Waals surface area contributed by atoms with Crippen LogP contribution < -0.4 is 15.8 Å². The molecule has 14 heteroatoms. The fraction of sp³-hybridized carbons (Fsp3) is 0.280. The number of para-hydroxylation sites is 1. The first-order chi connectivity index (χ1) is 18.4. The van der Waals surface area contributed by atoms with E-state index >= 15 is 0 Å². The number of aromatic nitrogens is 2. The van der Waals surface area contributed by atoms with Crippen molar-refractivity contribution < 1.29 is 30.8 Å². The largest absolute Gasteiger partial charge is 0.516 e. The molecule has 4 N–H and O–H groups in total. The van der Waals surface area contributed by atoms with Crippen LogP contribution in [0.5, 0.6) is 0 Å². The minimum Gasteiger partial charge on any atom is -0.455 e. The Kier molecular flexibility index (Phi) is 7.98. The van der Waals surface area contributed by atoms with Crippen molar-refractivity contribution in [1.29, 1.82) is 0 Å². The van der Waals surface area contributed by atoms with Gasteiger partial charge in [0.05, 0.1) is 10.2 Å². The molecular weight excluding hydrogens is 603 g/mol. The van der Waals surface area contributed by atoms with Gasteiger partial charge in [-0.15, -0.1) is 0 Å². The average Bonchev–Trinajstić information content (AvgIpc) is 3.34. The minimum absolute atomic E-state index is 0.112. The van der Waals surface area contributed by atoms with E-state index in [4.69, 9.17) is 10.2 Å². The summed E-state index contributed by atoms with van der Waals surface area (Å²) in [6, 6.07) is 10.9. The van der Waals surface area contributed by atoms with E-state index in [1.165, 1.54) is 18.2 Å². The van der Waals surface area contributed by atoms with E-state index < -0.39 is 15.5 Å². The second-order valence-electron chi connectivity index (χ2n) is 8.63. The van der Waals surface area contributed by atoms with Crippen molar-refractivity contribution in [2.45, 2.75) is 38.7 Å². The first-order valence-corrected chi connectivity index (χ1v) is 14.2. The Balaban J connectivity index is 1.76. The van der Waals surface area contributed by atoms with E-state index in [0.717, 1.165) is 12.0 Å². The normalized spacial score (nSPS) is 12.2. The van der Waals surface area contributed by atoms with E-state index in [1.807, 2.05) is 13.0 Å². The average molecular weight is 628 g/mol. The third-order valence-electron chi connectivity index (χ3n) is 5.85. The Labute approximate surface area is 230 Å². The standard InChI is InChI=1S/C25H25BrF3N5O4S/c1-3-7-19-32-23(30)21(24(35)31-4-2)34(19)13-14-10-11-18-16(12-14)20(26)22(38-18)15-8-5-6-9-17(15)33-39(36,37)25(27,28)29/h5-6,8-12,33H,3-4,7,13,30H2,1-2H3,(H,31,35). The van der Waals surface area contributed by atoms with Gasteiger partial charge >= 0.3 is 15.5 Å². The molecule has 39 heavy (non-hydrogen) atoms. The number of nitrogens with one attached hydrogen (secondary N) is 2. The number of furan rings is 1. The number of rotatable bonds is 9. The van der Waals surface area contributed by atoms with Crippen LogP contribution in [0.1, 0.15) is 42.1 Å². The Hall–Kier alpha value is -3.52. The van der Waals surface area contributed by atoms with Crippen LogP contribution in [-0.4, -0.2) is 35.9 Å². The molecule has 0 bridgehead atoms. The molecule has 0 fully saturated rings. The molecule has 4 rings (SSSR count). The van der Waals surface area contributed by atoms with Crippen molar-refractivity contribution in [2.75, 3.05) is 17.0 Å². The summed E-state index contributed by atoms with van der Waals surface area (Å²) >= 11 is 3.47. The van der Waals surface area contributed by atoms with Crippen LogP contribution in [0.15, 0.2) is 51.4 Å². The van der Waals surface area contributed by atoms with Gasteiger partial charge in [-0.1, -0.05) is 25.1 Å². The second kappa shape index (κ2) is 10.9. The number of amides is 1. The zero-order chi connectivity index (χ0) is 28.5. The number of fused-ring (bicyclic) bond motifs is 1. The van der Waals surface area contributed by atoms with E-state index in [2.05, 4.69) is 26.2 Å². The van der Waals surface area contributed by atoms with Crippen LogP contribution in [-0.2, 0) is 23.0 Å². The Morgan fingerprint density at radius 2 is 1.90 bits per heavy atom. The zero-order valence-electron chi connectivity index (χ0n) is 20.9. The molecule has 2 aromatic heterocycles. The molecule has 0 aliphatic rings. The van der Waals surface area contributed by atoms with Gasteiger partial charge in [0, 0.05) is 30.5 Å². The summed E-state index contributed by atoms with van der Waals surface area (Å²) in [7, 11) is -5.65. The summed E-state index contributed by atoms with van der Waals surface area (Å²) in [4.78, 5) is 17.1. The summed E-state index contributed by atoms with van der Waals surface area (Å²) < 4.78 is 72.2. The topological polar surface area (TPSA) is 132 Å². The van der Waals surface area contributed by atoms with Crippen LogP contribution in [0, 0.1) is 0 Å². The molecule has 0 saturated heterocycles. The molecule has 2 aromatic carbocycles. The molecule has 0 spiro atoms. The lowest BCUT2D eigenvalue weighted by Crippen LogP contribution is -2.30. The molecule has 0 atom stereocenters. The summed E-state index contributed by atoms with van der Waals surface area (Å²) in [5.41, 5.74) is 1.88. The van der Waals surface area contributed by atoms with Crippen molar-refractivity contribution in [1.82, 2.24) is 14.9 Å². The predicted molar refractivity (Wildman–Crippen MR) is 146 cm³/mol. The Morgan fingerprint density at radius 1 is 1.18 bits per heavy atom. The van der Waals surface area contributed by atoms with Gasteiger partial charge in [0.2, 0.25) is 0 Å². The lowest BCUT2D eigenvalue weighted by Gasteiger charge is -2.13. The first kappa shape index (κ1) is 28.5. The molecule has 4 aromatic rings. The lowest BCUT2D eigenvalue weighted by atomic mass is 10.1. The summed E-state index contributed by atoms with van der Waals surface area (Å²) in [6.07, 6.45) is 1.40. The third-order valence-corrected chi connectivity index (χ3v) is 7.74. The van der Waals surface area contributed by atoms with E-state index in [0.29, 0.717) is 34.2 Å². The summed E-state index contributed by atoms with van der Waals surface area (Å²) in [5.74, 6) is 0.601. The van der Waals surface area contributed by atoms with Gasteiger partial charge in [0.1, 0.15) is 11.4 Å². The quantitative estimate of drug-likeness (QED) is 0.220.